The van der Waals surface area contributed by atoms with Gasteiger partial charge in [-0.3, -0.25) is 9.59 Å². The number of carbonyl (C=O) groups excluding carboxylic acids is 2. The molecule has 0 bridgehead atoms. The molecule has 1 aromatic carbocycles. The van der Waals surface area contributed by atoms with Crippen LogP contribution in [0.5, 0.6) is 0 Å². The Morgan fingerprint density at radius 2 is 1.95 bits per heavy atom. The van der Waals surface area contributed by atoms with Crippen LogP contribution in [0.2, 0.25) is 0 Å². The summed E-state index contributed by atoms with van der Waals surface area (Å²) >= 11 is 0. The van der Waals surface area contributed by atoms with Crippen molar-refractivity contribution in [1.82, 2.24) is 10.2 Å². The molecule has 0 radical (unpaired) electrons. The largest absolute Gasteiger partial charge is 0.378 e. The Kier molecular flexibility index (Phi) is 5.06. The summed E-state index contributed by atoms with van der Waals surface area (Å²) < 4.78 is 18.5. The van der Waals surface area contributed by atoms with Crippen molar-refractivity contribution in [2.45, 2.75) is 6.42 Å². The second-order valence-corrected chi connectivity index (χ2v) is 4.50. The van der Waals surface area contributed by atoms with E-state index in [4.69, 9.17) is 4.74 Å². The molecule has 0 saturated carbocycles. The molecule has 0 unspecified atom stereocenters. The molecule has 5 nitrogen and oxygen atoms in total. The second kappa shape index (κ2) is 7.00. The molecule has 0 atom stereocenters. The molecular weight excluding hydrogens is 263 g/mol. The molecule has 0 aliphatic carbocycles. The monoisotopic (exact) mass is 280 g/mol. The zero-order valence-electron chi connectivity index (χ0n) is 11.1. The number of carbonyl (C=O) groups is 2. The maximum atomic E-state index is 13.4. The van der Waals surface area contributed by atoms with E-state index in [0.29, 0.717) is 38.3 Å². The fourth-order valence-electron chi connectivity index (χ4n) is 2.00. The van der Waals surface area contributed by atoms with Crippen LogP contribution in [-0.4, -0.2) is 49.6 Å². The summed E-state index contributed by atoms with van der Waals surface area (Å²) in [5.41, 5.74) is 0.520. The van der Waals surface area contributed by atoms with Gasteiger partial charge in [0.25, 0.3) is 0 Å². The third kappa shape index (κ3) is 3.77. The standard InChI is InChI=1S/C14H17FN2O3/c15-12-4-2-1-3-11(12)5-6-16-13(18)14(19)17-7-9-20-10-8-17/h1-4H,5-10H2,(H,16,18). The van der Waals surface area contributed by atoms with Gasteiger partial charge in [-0.25, -0.2) is 4.39 Å². The number of morpholine rings is 1. The van der Waals surface area contributed by atoms with E-state index in [-0.39, 0.29) is 12.4 Å². The maximum Gasteiger partial charge on any atom is 0.312 e. The van der Waals surface area contributed by atoms with Crippen LogP contribution in [-0.2, 0) is 20.7 Å². The highest BCUT2D eigenvalue weighted by Crippen LogP contribution is 2.06. The van der Waals surface area contributed by atoms with E-state index < -0.39 is 11.8 Å². The Hall–Kier alpha value is -1.95. The fourth-order valence-corrected chi connectivity index (χ4v) is 2.00. The molecule has 1 heterocycles. The normalized spacial score (nSPS) is 14.9. The number of hydrogen-bond acceptors (Lipinski definition) is 3. The minimum atomic E-state index is -0.650. The first-order valence-electron chi connectivity index (χ1n) is 6.57. The first-order chi connectivity index (χ1) is 9.68. The van der Waals surface area contributed by atoms with Crippen molar-refractivity contribution in [3.05, 3.63) is 35.6 Å². The van der Waals surface area contributed by atoms with Crippen molar-refractivity contribution in [2.24, 2.45) is 0 Å². The summed E-state index contributed by atoms with van der Waals surface area (Å²) in [4.78, 5) is 24.9. The summed E-state index contributed by atoms with van der Waals surface area (Å²) in [5, 5.41) is 2.52. The van der Waals surface area contributed by atoms with Crippen molar-refractivity contribution in [2.75, 3.05) is 32.8 Å². The van der Waals surface area contributed by atoms with Gasteiger partial charge < -0.3 is 15.0 Å². The van der Waals surface area contributed by atoms with Crippen molar-refractivity contribution >= 4 is 11.8 Å². The zero-order valence-corrected chi connectivity index (χ0v) is 11.1. The van der Waals surface area contributed by atoms with Gasteiger partial charge in [0.05, 0.1) is 13.2 Å². The minimum absolute atomic E-state index is 0.232. The molecule has 2 amide bonds. The van der Waals surface area contributed by atoms with E-state index in [9.17, 15) is 14.0 Å². The molecule has 1 aromatic rings. The lowest BCUT2D eigenvalue weighted by Crippen LogP contribution is -2.48. The molecule has 108 valence electrons. The van der Waals surface area contributed by atoms with Crippen LogP contribution in [0.25, 0.3) is 0 Å². The van der Waals surface area contributed by atoms with Crippen LogP contribution in [0.4, 0.5) is 4.39 Å². The number of halogens is 1. The van der Waals surface area contributed by atoms with Gasteiger partial charge in [0.15, 0.2) is 0 Å². The molecule has 1 saturated heterocycles. The van der Waals surface area contributed by atoms with Crippen molar-refractivity contribution in [1.29, 1.82) is 0 Å². The van der Waals surface area contributed by atoms with E-state index in [2.05, 4.69) is 5.32 Å². The predicted molar refractivity (Wildman–Crippen MR) is 70.5 cm³/mol. The number of hydrogen-bond donors (Lipinski definition) is 1. The molecule has 20 heavy (non-hydrogen) atoms. The summed E-state index contributed by atoms with van der Waals surface area (Å²) in [6.45, 7) is 2.00. The average molecular weight is 280 g/mol. The summed E-state index contributed by atoms with van der Waals surface area (Å²) in [5.74, 6) is -1.51. The van der Waals surface area contributed by atoms with Crippen LogP contribution in [0.1, 0.15) is 5.56 Å². The number of nitrogens with zero attached hydrogens (tertiary/aromatic N) is 1. The first kappa shape index (κ1) is 14.5. The van der Waals surface area contributed by atoms with Crippen molar-refractivity contribution in [3.63, 3.8) is 0 Å². The van der Waals surface area contributed by atoms with E-state index in [1.54, 1.807) is 18.2 Å². The van der Waals surface area contributed by atoms with E-state index in [1.807, 2.05) is 0 Å². The molecule has 6 heteroatoms. The minimum Gasteiger partial charge on any atom is -0.378 e. The molecule has 2 rings (SSSR count). The Morgan fingerprint density at radius 1 is 1.25 bits per heavy atom. The SMILES string of the molecule is O=C(NCCc1ccccc1F)C(=O)N1CCOCC1. The van der Waals surface area contributed by atoms with Gasteiger partial charge in [0, 0.05) is 19.6 Å². The Bertz CT molecular complexity index is 487. The van der Waals surface area contributed by atoms with Crippen LogP contribution in [0.3, 0.4) is 0 Å². The maximum absolute atomic E-state index is 13.4. The zero-order chi connectivity index (χ0) is 14.4. The number of amides is 2. The molecule has 1 fully saturated rings. The van der Waals surface area contributed by atoms with Gasteiger partial charge in [-0.2, -0.15) is 0 Å². The molecule has 1 aliphatic heterocycles. The molecule has 1 aliphatic rings. The van der Waals surface area contributed by atoms with E-state index >= 15 is 0 Å². The van der Waals surface area contributed by atoms with E-state index in [1.165, 1.54) is 11.0 Å². The average Bonchev–Trinajstić information content (AvgIpc) is 2.49. The lowest BCUT2D eigenvalue weighted by atomic mass is 10.1. The highest BCUT2D eigenvalue weighted by Gasteiger charge is 2.23. The van der Waals surface area contributed by atoms with Crippen LogP contribution in [0, 0.1) is 5.82 Å². The molecule has 1 N–H and O–H groups in total. The van der Waals surface area contributed by atoms with Crippen LogP contribution in [0.15, 0.2) is 24.3 Å². The molecular formula is C14H17FN2O3. The molecule has 0 spiro atoms. The van der Waals surface area contributed by atoms with Gasteiger partial charge in [0.1, 0.15) is 5.82 Å². The lowest BCUT2D eigenvalue weighted by Gasteiger charge is -2.26. The second-order valence-electron chi connectivity index (χ2n) is 4.50. The topological polar surface area (TPSA) is 58.6 Å². The summed E-state index contributed by atoms with van der Waals surface area (Å²) in [6.07, 6.45) is 0.356. The number of ether oxygens (including phenoxy) is 1. The highest BCUT2D eigenvalue weighted by atomic mass is 19.1. The lowest BCUT2D eigenvalue weighted by molar-refractivity contribution is -0.148. The first-order valence-corrected chi connectivity index (χ1v) is 6.57. The summed E-state index contributed by atoms with van der Waals surface area (Å²) in [7, 11) is 0. The quantitative estimate of drug-likeness (QED) is 0.812. The Balaban J connectivity index is 1.77. The third-order valence-corrected chi connectivity index (χ3v) is 3.13. The van der Waals surface area contributed by atoms with Gasteiger partial charge >= 0.3 is 11.8 Å². The predicted octanol–water partition coefficient (Wildman–Crippen LogP) is 0.343. The van der Waals surface area contributed by atoms with Gasteiger partial charge in [-0.15, -0.1) is 0 Å². The summed E-state index contributed by atoms with van der Waals surface area (Å²) in [6, 6.07) is 6.37. The molecule has 0 aromatic heterocycles. The smallest absolute Gasteiger partial charge is 0.312 e. The fraction of sp³-hybridized carbons (Fsp3) is 0.429. The van der Waals surface area contributed by atoms with E-state index in [0.717, 1.165) is 0 Å². The highest BCUT2D eigenvalue weighted by molar-refractivity contribution is 6.35. The third-order valence-electron chi connectivity index (χ3n) is 3.13. The Labute approximate surface area is 116 Å². The van der Waals surface area contributed by atoms with Crippen molar-refractivity contribution in [3.8, 4) is 0 Å². The van der Waals surface area contributed by atoms with Gasteiger partial charge in [-0.1, -0.05) is 18.2 Å². The Morgan fingerprint density at radius 3 is 2.65 bits per heavy atom. The number of nitrogens with one attached hydrogen (secondary N) is 1. The van der Waals surface area contributed by atoms with Crippen LogP contribution >= 0.6 is 0 Å². The number of rotatable bonds is 3. The number of benzene rings is 1. The van der Waals surface area contributed by atoms with Gasteiger partial charge in [0.2, 0.25) is 0 Å². The van der Waals surface area contributed by atoms with Crippen LogP contribution < -0.4 is 5.32 Å². The van der Waals surface area contributed by atoms with Crippen molar-refractivity contribution < 1.29 is 18.7 Å². The van der Waals surface area contributed by atoms with Gasteiger partial charge in [-0.05, 0) is 18.1 Å².